The molecule has 1 saturated carbocycles. The number of hydrogen-bond donors (Lipinski definition) is 1. The van der Waals surface area contributed by atoms with Crippen molar-refractivity contribution in [1.82, 2.24) is 5.32 Å². The van der Waals surface area contributed by atoms with Gasteiger partial charge in [0.15, 0.2) is 0 Å². The van der Waals surface area contributed by atoms with E-state index in [0.29, 0.717) is 6.42 Å². The van der Waals surface area contributed by atoms with Crippen molar-refractivity contribution in [3.8, 4) is 6.07 Å². The van der Waals surface area contributed by atoms with Crippen LogP contribution >= 0.6 is 0 Å². The summed E-state index contributed by atoms with van der Waals surface area (Å²) in [6, 6.07) is 2.24. The Kier molecular flexibility index (Phi) is 6.71. The summed E-state index contributed by atoms with van der Waals surface area (Å²) in [5.74, 6) is 1.89. The highest BCUT2D eigenvalue weighted by molar-refractivity contribution is 4.79. The molecule has 1 aliphatic carbocycles. The fourth-order valence-corrected chi connectivity index (χ4v) is 3.04. The SMILES string of the molecule is CC1CCCC(CCNCC(C)(C)CCC#N)C1. The molecule has 104 valence electrons. The van der Waals surface area contributed by atoms with Crippen LogP contribution in [0.25, 0.3) is 0 Å². The molecule has 2 unspecified atom stereocenters. The largest absolute Gasteiger partial charge is 0.316 e. The van der Waals surface area contributed by atoms with E-state index in [2.05, 4.69) is 32.2 Å². The molecular weight excluding hydrogens is 220 g/mol. The van der Waals surface area contributed by atoms with Crippen LogP contribution in [0.5, 0.6) is 0 Å². The van der Waals surface area contributed by atoms with Gasteiger partial charge in [0.25, 0.3) is 0 Å². The Labute approximate surface area is 113 Å². The van der Waals surface area contributed by atoms with Crippen LogP contribution in [0.4, 0.5) is 0 Å². The summed E-state index contributed by atoms with van der Waals surface area (Å²) >= 11 is 0. The Balaban J connectivity index is 2.09. The second kappa shape index (κ2) is 7.79. The first-order valence-corrected chi connectivity index (χ1v) is 7.61. The van der Waals surface area contributed by atoms with E-state index in [0.717, 1.165) is 31.3 Å². The van der Waals surface area contributed by atoms with Gasteiger partial charge in [-0.05, 0) is 43.1 Å². The molecule has 1 N–H and O–H groups in total. The minimum Gasteiger partial charge on any atom is -0.316 e. The van der Waals surface area contributed by atoms with E-state index in [1.54, 1.807) is 0 Å². The minimum absolute atomic E-state index is 0.260. The van der Waals surface area contributed by atoms with Crippen LogP contribution in [-0.4, -0.2) is 13.1 Å². The van der Waals surface area contributed by atoms with E-state index >= 15 is 0 Å². The summed E-state index contributed by atoms with van der Waals surface area (Å²) in [5.41, 5.74) is 0.260. The summed E-state index contributed by atoms with van der Waals surface area (Å²) in [6.45, 7) is 9.08. The lowest BCUT2D eigenvalue weighted by Gasteiger charge is -2.28. The molecule has 0 spiro atoms. The van der Waals surface area contributed by atoms with Crippen LogP contribution in [-0.2, 0) is 0 Å². The van der Waals surface area contributed by atoms with Crippen molar-refractivity contribution in [2.75, 3.05) is 13.1 Å². The van der Waals surface area contributed by atoms with E-state index in [-0.39, 0.29) is 5.41 Å². The molecule has 1 rings (SSSR count). The molecule has 18 heavy (non-hydrogen) atoms. The molecule has 2 nitrogen and oxygen atoms in total. The molecular formula is C16H30N2. The van der Waals surface area contributed by atoms with Gasteiger partial charge >= 0.3 is 0 Å². The van der Waals surface area contributed by atoms with Gasteiger partial charge in [0.05, 0.1) is 6.07 Å². The maximum Gasteiger partial charge on any atom is 0.0621 e. The molecule has 2 atom stereocenters. The highest BCUT2D eigenvalue weighted by Gasteiger charge is 2.19. The van der Waals surface area contributed by atoms with Crippen LogP contribution in [0.1, 0.15) is 65.7 Å². The zero-order valence-corrected chi connectivity index (χ0v) is 12.5. The number of rotatable bonds is 7. The first kappa shape index (κ1) is 15.5. The fourth-order valence-electron chi connectivity index (χ4n) is 3.04. The lowest BCUT2D eigenvalue weighted by molar-refractivity contribution is 0.258. The minimum atomic E-state index is 0.260. The van der Waals surface area contributed by atoms with Crippen molar-refractivity contribution in [1.29, 1.82) is 5.26 Å². The van der Waals surface area contributed by atoms with Crippen molar-refractivity contribution in [2.45, 2.75) is 65.7 Å². The lowest BCUT2D eigenvalue weighted by atomic mass is 9.81. The third kappa shape index (κ3) is 6.40. The van der Waals surface area contributed by atoms with Crippen molar-refractivity contribution in [2.24, 2.45) is 17.3 Å². The number of nitriles is 1. The second-order valence-corrected chi connectivity index (χ2v) is 6.93. The van der Waals surface area contributed by atoms with Crippen LogP contribution in [0, 0.1) is 28.6 Å². The molecule has 1 fully saturated rings. The molecule has 2 heteroatoms. The highest BCUT2D eigenvalue weighted by atomic mass is 14.9. The predicted octanol–water partition coefficient (Wildman–Crippen LogP) is 4.12. The van der Waals surface area contributed by atoms with Crippen molar-refractivity contribution < 1.29 is 0 Å². The Morgan fingerprint density at radius 1 is 1.33 bits per heavy atom. The zero-order valence-electron chi connectivity index (χ0n) is 12.5. The second-order valence-electron chi connectivity index (χ2n) is 6.93. The van der Waals surface area contributed by atoms with Gasteiger partial charge in [0, 0.05) is 13.0 Å². The molecule has 0 aromatic heterocycles. The molecule has 0 aromatic carbocycles. The molecule has 0 radical (unpaired) electrons. The topological polar surface area (TPSA) is 35.8 Å². The lowest BCUT2D eigenvalue weighted by Crippen LogP contribution is -2.31. The third-order valence-electron chi connectivity index (χ3n) is 4.29. The molecule has 0 bridgehead atoms. The van der Waals surface area contributed by atoms with Gasteiger partial charge < -0.3 is 5.32 Å². The van der Waals surface area contributed by atoms with Gasteiger partial charge in [0.1, 0.15) is 0 Å². The Morgan fingerprint density at radius 2 is 2.11 bits per heavy atom. The van der Waals surface area contributed by atoms with Gasteiger partial charge in [-0.15, -0.1) is 0 Å². The van der Waals surface area contributed by atoms with E-state index < -0.39 is 0 Å². The van der Waals surface area contributed by atoms with E-state index in [4.69, 9.17) is 5.26 Å². The van der Waals surface area contributed by atoms with Gasteiger partial charge in [-0.1, -0.05) is 40.0 Å². The average Bonchev–Trinajstić information content (AvgIpc) is 2.32. The monoisotopic (exact) mass is 250 g/mol. The van der Waals surface area contributed by atoms with Gasteiger partial charge in [-0.2, -0.15) is 5.26 Å². The van der Waals surface area contributed by atoms with E-state index in [9.17, 15) is 0 Å². The third-order valence-corrected chi connectivity index (χ3v) is 4.29. The smallest absolute Gasteiger partial charge is 0.0621 e. The zero-order chi connectivity index (χ0) is 13.4. The van der Waals surface area contributed by atoms with Crippen molar-refractivity contribution in [3.63, 3.8) is 0 Å². The molecule has 1 aliphatic rings. The van der Waals surface area contributed by atoms with Gasteiger partial charge in [-0.25, -0.2) is 0 Å². The van der Waals surface area contributed by atoms with Gasteiger partial charge in [0.2, 0.25) is 0 Å². The van der Waals surface area contributed by atoms with Crippen molar-refractivity contribution in [3.05, 3.63) is 0 Å². The molecule has 0 heterocycles. The molecule has 0 aliphatic heterocycles. The maximum absolute atomic E-state index is 8.63. The van der Waals surface area contributed by atoms with Gasteiger partial charge in [-0.3, -0.25) is 0 Å². The average molecular weight is 250 g/mol. The molecule has 0 aromatic rings. The van der Waals surface area contributed by atoms with Crippen LogP contribution in [0.15, 0.2) is 0 Å². The standard InChI is InChI=1S/C16H30N2/c1-14-6-4-7-15(12-14)8-11-18-13-16(2,3)9-5-10-17/h14-15,18H,4-9,11-13H2,1-3H3. The maximum atomic E-state index is 8.63. The van der Waals surface area contributed by atoms with E-state index in [1.165, 1.54) is 32.1 Å². The molecule has 0 saturated heterocycles. The van der Waals surface area contributed by atoms with Crippen LogP contribution < -0.4 is 5.32 Å². The number of hydrogen-bond acceptors (Lipinski definition) is 2. The normalized spacial score (nSPS) is 24.8. The van der Waals surface area contributed by atoms with Crippen LogP contribution in [0.2, 0.25) is 0 Å². The summed E-state index contributed by atoms with van der Waals surface area (Å²) in [6.07, 6.45) is 8.73. The molecule has 0 amide bonds. The quantitative estimate of drug-likeness (QED) is 0.690. The summed E-state index contributed by atoms with van der Waals surface area (Å²) < 4.78 is 0. The number of nitrogens with zero attached hydrogens (tertiary/aromatic N) is 1. The summed E-state index contributed by atoms with van der Waals surface area (Å²) in [7, 11) is 0. The highest BCUT2D eigenvalue weighted by Crippen LogP contribution is 2.30. The fraction of sp³-hybridized carbons (Fsp3) is 0.938. The Morgan fingerprint density at radius 3 is 2.78 bits per heavy atom. The Bertz CT molecular complexity index is 265. The summed E-state index contributed by atoms with van der Waals surface area (Å²) in [4.78, 5) is 0. The Hall–Kier alpha value is -0.550. The first-order valence-electron chi connectivity index (χ1n) is 7.61. The first-order chi connectivity index (χ1) is 8.53. The van der Waals surface area contributed by atoms with Crippen molar-refractivity contribution >= 4 is 0 Å². The van der Waals surface area contributed by atoms with Crippen LogP contribution in [0.3, 0.4) is 0 Å². The number of nitrogens with one attached hydrogen (secondary N) is 1. The summed E-state index contributed by atoms with van der Waals surface area (Å²) in [5, 5.41) is 12.2. The predicted molar refractivity (Wildman–Crippen MR) is 77.2 cm³/mol. The van der Waals surface area contributed by atoms with E-state index in [1.807, 2.05) is 0 Å².